The Labute approximate surface area is 191 Å². The fourth-order valence-corrected chi connectivity index (χ4v) is 8.84. The first-order chi connectivity index (χ1) is 14.4. The zero-order valence-corrected chi connectivity index (χ0v) is 20.2. The van der Waals surface area contributed by atoms with Crippen molar-refractivity contribution in [3.63, 3.8) is 0 Å². The van der Waals surface area contributed by atoms with E-state index in [0.717, 1.165) is 25.7 Å². The SMILES string of the molecule is CCCCNC(=O)C1N(CCCCCO)C(=O)[C@@H]2[C@@H](C(=O)OCC)[C@@H]3SC12CC3Br. The second kappa shape index (κ2) is 10.2. The smallest absolute Gasteiger partial charge is 0.310 e. The number of likely N-dealkylation sites (tertiary alicyclic amines) is 1. The molecule has 3 aliphatic heterocycles. The number of fused-ring (bicyclic) bond motifs is 1. The van der Waals surface area contributed by atoms with E-state index in [4.69, 9.17) is 9.84 Å². The lowest BCUT2D eigenvalue weighted by atomic mass is 9.71. The third-order valence-electron chi connectivity index (χ3n) is 6.48. The molecule has 3 rings (SSSR count). The van der Waals surface area contributed by atoms with E-state index in [1.807, 2.05) is 0 Å². The molecule has 3 aliphatic rings. The summed E-state index contributed by atoms with van der Waals surface area (Å²) in [6.07, 6.45) is 4.75. The minimum atomic E-state index is -0.597. The molecule has 3 unspecified atom stereocenters. The molecule has 170 valence electrons. The highest BCUT2D eigenvalue weighted by Crippen LogP contribution is 2.67. The molecule has 9 heteroatoms. The fourth-order valence-electron chi connectivity index (χ4n) is 5.23. The summed E-state index contributed by atoms with van der Waals surface area (Å²) in [7, 11) is 0. The summed E-state index contributed by atoms with van der Waals surface area (Å²) in [6, 6.07) is -0.574. The van der Waals surface area contributed by atoms with Crippen LogP contribution < -0.4 is 5.32 Å². The van der Waals surface area contributed by atoms with Crippen LogP contribution in [0.5, 0.6) is 0 Å². The Kier molecular flexibility index (Phi) is 8.12. The predicted molar refractivity (Wildman–Crippen MR) is 119 cm³/mol. The molecule has 0 aliphatic carbocycles. The molecule has 30 heavy (non-hydrogen) atoms. The number of hydrogen-bond donors (Lipinski definition) is 2. The molecule has 0 aromatic heterocycles. The molecule has 3 saturated heterocycles. The van der Waals surface area contributed by atoms with Gasteiger partial charge in [0.25, 0.3) is 0 Å². The Morgan fingerprint density at radius 2 is 2.07 bits per heavy atom. The van der Waals surface area contributed by atoms with Gasteiger partial charge < -0.3 is 20.1 Å². The van der Waals surface area contributed by atoms with Crippen molar-refractivity contribution in [1.82, 2.24) is 10.2 Å². The third kappa shape index (κ3) is 4.13. The number of aliphatic hydroxyl groups is 1. The van der Waals surface area contributed by atoms with Crippen molar-refractivity contribution in [2.45, 2.75) is 73.2 Å². The molecular formula is C21H33BrN2O5S. The first-order valence-electron chi connectivity index (χ1n) is 11.1. The quantitative estimate of drug-likeness (QED) is 0.254. The maximum atomic E-state index is 13.6. The lowest BCUT2D eigenvalue weighted by Crippen LogP contribution is -2.54. The zero-order chi connectivity index (χ0) is 21.9. The minimum Gasteiger partial charge on any atom is -0.466 e. The second-order valence-corrected chi connectivity index (χ2v) is 11.1. The summed E-state index contributed by atoms with van der Waals surface area (Å²) in [5.41, 5.74) is 0. The number of hydrogen-bond acceptors (Lipinski definition) is 6. The largest absolute Gasteiger partial charge is 0.466 e. The Morgan fingerprint density at radius 3 is 2.73 bits per heavy atom. The molecule has 0 aromatic carbocycles. The number of esters is 1. The maximum absolute atomic E-state index is 13.6. The molecule has 0 aromatic rings. The topological polar surface area (TPSA) is 95.9 Å². The fraction of sp³-hybridized carbons (Fsp3) is 0.857. The van der Waals surface area contributed by atoms with E-state index in [9.17, 15) is 14.4 Å². The van der Waals surface area contributed by atoms with E-state index in [-0.39, 0.29) is 41.1 Å². The molecule has 6 atom stereocenters. The third-order valence-corrected chi connectivity index (χ3v) is 9.70. The summed E-state index contributed by atoms with van der Waals surface area (Å²) in [5, 5.41) is 12.0. The Bertz CT molecular complexity index is 665. The lowest BCUT2D eigenvalue weighted by Gasteiger charge is -2.35. The van der Waals surface area contributed by atoms with Crippen LogP contribution in [-0.2, 0) is 19.1 Å². The van der Waals surface area contributed by atoms with Gasteiger partial charge in [0.15, 0.2) is 0 Å². The highest BCUT2D eigenvalue weighted by Gasteiger charge is 2.75. The van der Waals surface area contributed by atoms with Gasteiger partial charge >= 0.3 is 5.97 Å². The van der Waals surface area contributed by atoms with Crippen LogP contribution in [0.3, 0.4) is 0 Å². The summed E-state index contributed by atoms with van der Waals surface area (Å²) < 4.78 is 4.73. The molecule has 2 bridgehead atoms. The predicted octanol–water partition coefficient (Wildman–Crippen LogP) is 2.09. The van der Waals surface area contributed by atoms with Crippen LogP contribution in [0.2, 0.25) is 0 Å². The number of rotatable bonds is 11. The van der Waals surface area contributed by atoms with Gasteiger partial charge in [-0.05, 0) is 39.0 Å². The van der Waals surface area contributed by atoms with E-state index in [1.54, 1.807) is 23.6 Å². The minimum absolute atomic E-state index is 0.0551. The number of halogens is 1. The Hall–Kier alpha value is -0.800. The summed E-state index contributed by atoms with van der Waals surface area (Å²) in [6.45, 7) is 5.30. The first kappa shape index (κ1) is 23.9. The standard InChI is InChI=1S/C21H33BrN2O5S/c1-3-5-9-23-18(26)17-21-12-13(22)16(30-21)14(20(28)29-4-2)15(21)19(27)24(17)10-7-6-8-11-25/h13-17,25H,3-12H2,1-2H3,(H,23,26)/t13?,14-,15+,16-,17?,21?/m1/s1. The van der Waals surface area contributed by atoms with Gasteiger partial charge in [-0.1, -0.05) is 29.3 Å². The second-order valence-electron chi connectivity index (χ2n) is 8.38. The van der Waals surface area contributed by atoms with Gasteiger partial charge in [0, 0.05) is 29.8 Å². The number of carbonyl (C=O) groups excluding carboxylic acids is 3. The van der Waals surface area contributed by atoms with Crippen molar-refractivity contribution in [3.8, 4) is 0 Å². The van der Waals surface area contributed by atoms with Crippen molar-refractivity contribution in [3.05, 3.63) is 0 Å². The molecule has 7 nitrogen and oxygen atoms in total. The van der Waals surface area contributed by atoms with Crippen molar-refractivity contribution < 1.29 is 24.2 Å². The van der Waals surface area contributed by atoms with Gasteiger partial charge in [-0.3, -0.25) is 14.4 Å². The van der Waals surface area contributed by atoms with E-state index in [1.165, 1.54) is 0 Å². The highest BCUT2D eigenvalue weighted by atomic mass is 79.9. The van der Waals surface area contributed by atoms with Crippen LogP contribution in [0.15, 0.2) is 0 Å². The van der Waals surface area contributed by atoms with E-state index in [2.05, 4.69) is 28.2 Å². The van der Waals surface area contributed by atoms with E-state index >= 15 is 0 Å². The molecule has 0 saturated carbocycles. The Morgan fingerprint density at radius 1 is 1.30 bits per heavy atom. The van der Waals surface area contributed by atoms with Gasteiger partial charge in [-0.25, -0.2) is 0 Å². The van der Waals surface area contributed by atoms with Gasteiger partial charge in [0.2, 0.25) is 11.8 Å². The van der Waals surface area contributed by atoms with Crippen LogP contribution in [0.4, 0.5) is 0 Å². The molecule has 1 spiro atoms. The summed E-state index contributed by atoms with van der Waals surface area (Å²) in [4.78, 5) is 41.5. The normalized spacial score (nSPS) is 34.3. The Balaban J connectivity index is 1.89. The van der Waals surface area contributed by atoms with Gasteiger partial charge in [0.05, 0.1) is 23.2 Å². The number of nitrogens with one attached hydrogen (secondary N) is 1. The monoisotopic (exact) mass is 504 g/mol. The van der Waals surface area contributed by atoms with Crippen molar-refractivity contribution >= 4 is 45.5 Å². The summed E-state index contributed by atoms with van der Waals surface area (Å²) in [5.74, 6) is -1.57. The number of nitrogens with zero attached hydrogens (tertiary/aromatic N) is 1. The molecule has 2 amide bonds. The van der Waals surface area contributed by atoms with Crippen molar-refractivity contribution in [2.24, 2.45) is 11.8 Å². The average molecular weight is 505 g/mol. The van der Waals surface area contributed by atoms with E-state index in [0.29, 0.717) is 25.9 Å². The number of alkyl halides is 1. The number of aliphatic hydroxyl groups excluding tert-OH is 1. The molecule has 3 heterocycles. The lowest BCUT2D eigenvalue weighted by molar-refractivity contribution is -0.153. The van der Waals surface area contributed by atoms with Crippen molar-refractivity contribution in [1.29, 1.82) is 0 Å². The average Bonchev–Trinajstić information content (AvgIpc) is 3.29. The summed E-state index contributed by atoms with van der Waals surface area (Å²) >= 11 is 5.36. The number of thioether (sulfide) groups is 1. The first-order valence-corrected chi connectivity index (χ1v) is 12.9. The van der Waals surface area contributed by atoms with Crippen molar-refractivity contribution in [2.75, 3.05) is 26.3 Å². The molecular weight excluding hydrogens is 472 g/mol. The number of unbranched alkanes of at least 4 members (excludes halogenated alkanes) is 3. The van der Waals surface area contributed by atoms with Gasteiger partial charge in [0.1, 0.15) is 6.04 Å². The maximum Gasteiger partial charge on any atom is 0.310 e. The van der Waals surface area contributed by atoms with Crippen LogP contribution in [0, 0.1) is 11.8 Å². The number of ether oxygens (including phenoxy) is 1. The number of amides is 2. The zero-order valence-electron chi connectivity index (χ0n) is 17.8. The molecule has 0 radical (unpaired) electrons. The molecule has 3 fully saturated rings. The van der Waals surface area contributed by atoms with Gasteiger partial charge in [-0.15, -0.1) is 11.8 Å². The van der Waals surface area contributed by atoms with Gasteiger partial charge in [-0.2, -0.15) is 0 Å². The number of carbonyl (C=O) groups is 3. The highest BCUT2D eigenvalue weighted by molar-refractivity contribution is 9.09. The van der Waals surface area contributed by atoms with Crippen LogP contribution in [0.25, 0.3) is 0 Å². The molecule has 2 N–H and O–H groups in total. The van der Waals surface area contributed by atoms with Crippen LogP contribution >= 0.6 is 27.7 Å². The van der Waals surface area contributed by atoms with E-state index < -0.39 is 22.6 Å². The van der Waals surface area contributed by atoms with Crippen LogP contribution in [0.1, 0.15) is 52.4 Å². The van der Waals surface area contributed by atoms with Crippen LogP contribution in [-0.4, -0.2) is 75.0 Å².